The molecule has 3 aliphatic heterocycles. The van der Waals surface area contributed by atoms with E-state index in [1.54, 1.807) is 0 Å². The molecule has 0 aromatic heterocycles. The zero-order valence-corrected chi connectivity index (χ0v) is 4.81. The van der Waals surface area contributed by atoms with E-state index in [0.717, 1.165) is 13.2 Å². The van der Waals surface area contributed by atoms with Gasteiger partial charge in [0.25, 0.3) is 0 Å². The predicted molar refractivity (Wildman–Crippen MR) is 30.4 cm³/mol. The highest BCUT2D eigenvalue weighted by atomic mass is 16.5. The second-order valence-corrected chi connectivity index (χ2v) is 2.84. The van der Waals surface area contributed by atoms with Crippen LogP contribution in [0.5, 0.6) is 0 Å². The second kappa shape index (κ2) is 1.25. The van der Waals surface area contributed by atoms with Gasteiger partial charge < -0.3 is 10.1 Å². The molecule has 0 spiro atoms. The van der Waals surface area contributed by atoms with Crippen LogP contribution < -0.4 is 5.32 Å². The third-order valence-electron chi connectivity index (χ3n) is 1.84. The minimum absolute atomic E-state index is 0.100. The monoisotopic (exact) mass is 112 g/mol. The minimum Gasteiger partial charge on any atom is -0.378 e. The van der Waals surface area contributed by atoms with E-state index in [1.807, 2.05) is 0 Å². The van der Waals surface area contributed by atoms with Gasteiger partial charge >= 0.3 is 0 Å². The number of fused-ring (bicyclic) bond motifs is 2. The first-order chi connectivity index (χ1) is 3.79. The largest absolute Gasteiger partial charge is 0.378 e. The molecule has 45 valence electrons. The maximum absolute atomic E-state index is 5.21. The van der Waals surface area contributed by atoms with Crippen LogP contribution in [0.4, 0.5) is 0 Å². The van der Waals surface area contributed by atoms with Crippen LogP contribution in [-0.4, -0.2) is 24.8 Å². The average Bonchev–Trinajstić information content (AvgIpc) is 1.63. The van der Waals surface area contributed by atoms with E-state index in [4.69, 9.17) is 4.74 Å². The molecule has 3 aliphatic rings. The van der Waals surface area contributed by atoms with E-state index in [2.05, 4.69) is 12.2 Å². The zero-order chi connectivity index (χ0) is 5.61. The Kier molecular flexibility index (Phi) is 0.746. The van der Waals surface area contributed by atoms with Gasteiger partial charge in [0.05, 0.1) is 13.2 Å². The summed E-state index contributed by atoms with van der Waals surface area (Å²) in [6.45, 7) is 5.64. The molecule has 8 heavy (non-hydrogen) atoms. The number of ether oxygens (including phenoxy) is 1. The summed E-state index contributed by atoms with van der Waals surface area (Å²) in [7, 11) is 0. The van der Waals surface area contributed by atoms with Gasteiger partial charge in [0.2, 0.25) is 0 Å². The Balaban J connectivity index is 2.06. The number of morpholine rings is 1. The Labute approximate surface area is 49.2 Å². The van der Waals surface area contributed by atoms with Crippen molar-refractivity contribution in [2.24, 2.45) is 0 Å². The molecule has 3 heterocycles. The molecule has 2 bridgehead atoms. The Hall–Kier alpha value is -0.0800. The molecule has 0 aromatic rings. The second-order valence-electron chi connectivity index (χ2n) is 2.84. The molecule has 3 rings (SSSR count). The van der Waals surface area contributed by atoms with Crippen LogP contribution in [0.1, 0.15) is 6.42 Å². The van der Waals surface area contributed by atoms with Crippen LogP contribution in [-0.2, 0) is 4.74 Å². The van der Waals surface area contributed by atoms with E-state index >= 15 is 0 Å². The van der Waals surface area contributed by atoms with Crippen LogP contribution in [0.2, 0.25) is 0 Å². The summed E-state index contributed by atoms with van der Waals surface area (Å²) >= 11 is 0. The van der Waals surface area contributed by atoms with Gasteiger partial charge in [-0.05, 0) is 13.3 Å². The van der Waals surface area contributed by atoms with Crippen LogP contribution in [0, 0.1) is 6.92 Å². The molecular weight excluding hydrogens is 102 g/mol. The van der Waals surface area contributed by atoms with Crippen molar-refractivity contribution >= 4 is 0 Å². The molecule has 0 amide bonds. The van der Waals surface area contributed by atoms with E-state index < -0.39 is 0 Å². The van der Waals surface area contributed by atoms with Crippen LogP contribution in [0.3, 0.4) is 0 Å². The Morgan fingerprint density at radius 1 is 1.75 bits per heavy atom. The summed E-state index contributed by atoms with van der Waals surface area (Å²) in [6.07, 6.45) is 1.20. The summed E-state index contributed by atoms with van der Waals surface area (Å²) in [6, 6.07) is 0.612. The molecule has 1 radical (unpaired) electrons. The normalized spacial score (nSPS) is 52.9. The molecule has 3 fully saturated rings. The van der Waals surface area contributed by atoms with Crippen LogP contribution in [0.15, 0.2) is 0 Å². The number of hydrogen-bond donors (Lipinski definition) is 1. The maximum atomic E-state index is 5.21. The standard InChI is InChI=1S/C6H10NO/c1-6-2-5(7-6)3-8-4-6/h5,7H,1-4H2. The number of hydrogen-bond acceptors (Lipinski definition) is 2. The van der Waals surface area contributed by atoms with E-state index in [0.29, 0.717) is 6.04 Å². The van der Waals surface area contributed by atoms with Gasteiger partial charge in [-0.25, -0.2) is 0 Å². The summed E-state index contributed by atoms with van der Waals surface area (Å²) in [5.41, 5.74) is 0.100. The molecule has 2 heteroatoms. The topological polar surface area (TPSA) is 21.3 Å². The molecule has 0 aromatic carbocycles. The first-order valence-electron chi connectivity index (χ1n) is 2.99. The quantitative estimate of drug-likeness (QED) is 0.474. The molecule has 2 nitrogen and oxygen atoms in total. The average molecular weight is 112 g/mol. The summed E-state index contributed by atoms with van der Waals surface area (Å²) in [4.78, 5) is 0. The van der Waals surface area contributed by atoms with E-state index in [-0.39, 0.29) is 5.54 Å². The van der Waals surface area contributed by atoms with Gasteiger partial charge in [0.1, 0.15) is 0 Å². The first kappa shape index (κ1) is 4.77. The number of rotatable bonds is 0. The third kappa shape index (κ3) is 0.501. The van der Waals surface area contributed by atoms with Crippen molar-refractivity contribution in [2.45, 2.75) is 18.0 Å². The fraction of sp³-hybridized carbons (Fsp3) is 0.833. The van der Waals surface area contributed by atoms with E-state index in [9.17, 15) is 0 Å². The first-order valence-corrected chi connectivity index (χ1v) is 2.99. The molecule has 0 saturated carbocycles. The lowest BCUT2D eigenvalue weighted by atomic mass is 9.82. The van der Waals surface area contributed by atoms with Crippen molar-refractivity contribution in [3.63, 3.8) is 0 Å². The highest BCUT2D eigenvalue weighted by Crippen LogP contribution is 2.28. The molecule has 3 saturated heterocycles. The summed E-state index contributed by atoms with van der Waals surface area (Å²) in [5.74, 6) is 0. The van der Waals surface area contributed by atoms with Crippen molar-refractivity contribution in [2.75, 3.05) is 13.2 Å². The SMILES string of the molecule is [CH2]C12COCC(C1)N2. The van der Waals surface area contributed by atoms with Crippen LogP contribution >= 0.6 is 0 Å². The van der Waals surface area contributed by atoms with Crippen molar-refractivity contribution in [3.05, 3.63) is 6.92 Å². The van der Waals surface area contributed by atoms with Gasteiger partial charge in [-0.2, -0.15) is 0 Å². The van der Waals surface area contributed by atoms with Gasteiger partial charge in [-0.15, -0.1) is 0 Å². The van der Waals surface area contributed by atoms with Crippen molar-refractivity contribution < 1.29 is 4.74 Å². The van der Waals surface area contributed by atoms with Gasteiger partial charge in [-0.3, -0.25) is 0 Å². The van der Waals surface area contributed by atoms with Gasteiger partial charge in [0.15, 0.2) is 0 Å². The lowest BCUT2D eigenvalue weighted by molar-refractivity contribution is -0.0549. The van der Waals surface area contributed by atoms with Crippen LogP contribution in [0.25, 0.3) is 0 Å². The summed E-state index contributed by atoms with van der Waals surface area (Å²) < 4.78 is 5.21. The fourth-order valence-corrected chi connectivity index (χ4v) is 1.48. The Bertz CT molecular complexity index is 102. The smallest absolute Gasteiger partial charge is 0.0649 e. The molecule has 1 N–H and O–H groups in total. The molecule has 2 atom stereocenters. The highest BCUT2D eigenvalue weighted by Gasteiger charge is 2.43. The Morgan fingerprint density at radius 3 is 2.75 bits per heavy atom. The lowest BCUT2D eigenvalue weighted by Crippen LogP contribution is -2.69. The van der Waals surface area contributed by atoms with Gasteiger partial charge in [0, 0.05) is 11.6 Å². The van der Waals surface area contributed by atoms with Crippen molar-refractivity contribution in [1.82, 2.24) is 5.32 Å². The predicted octanol–water partition coefficient (Wildman–Crippen LogP) is -0.0486. The highest BCUT2D eigenvalue weighted by molar-refractivity contribution is 5.07. The molecule has 2 unspecified atom stereocenters. The number of nitrogens with one attached hydrogen (secondary N) is 1. The maximum Gasteiger partial charge on any atom is 0.0649 e. The molecular formula is C6H10NO. The summed E-state index contributed by atoms with van der Waals surface area (Å²) in [5, 5.41) is 3.32. The lowest BCUT2D eigenvalue weighted by Gasteiger charge is -2.51. The third-order valence-corrected chi connectivity index (χ3v) is 1.84. The fourth-order valence-electron chi connectivity index (χ4n) is 1.48. The van der Waals surface area contributed by atoms with Gasteiger partial charge in [-0.1, -0.05) is 0 Å². The molecule has 0 aliphatic carbocycles. The minimum atomic E-state index is 0.100. The van der Waals surface area contributed by atoms with Crippen molar-refractivity contribution in [3.8, 4) is 0 Å². The zero-order valence-electron chi connectivity index (χ0n) is 4.81. The van der Waals surface area contributed by atoms with E-state index in [1.165, 1.54) is 6.42 Å². The van der Waals surface area contributed by atoms with Crippen molar-refractivity contribution in [1.29, 1.82) is 0 Å². The Morgan fingerprint density at radius 2 is 2.50 bits per heavy atom.